The van der Waals surface area contributed by atoms with Crippen LogP contribution >= 0.6 is 11.8 Å². The molecule has 30 heavy (non-hydrogen) atoms. The van der Waals surface area contributed by atoms with Crippen molar-refractivity contribution in [2.45, 2.75) is 31.3 Å². The van der Waals surface area contributed by atoms with E-state index < -0.39 is 0 Å². The largest absolute Gasteiger partial charge is 0.356 e. The average Bonchev–Trinajstić information content (AvgIpc) is 3.09. The van der Waals surface area contributed by atoms with Crippen molar-refractivity contribution in [3.63, 3.8) is 0 Å². The lowest BCUT2D eigenvalue weighted by Gasteiger charge is -2.12. The number of rotatable bonds is 9. The van der Waals surface area contributed by atoms with Gasteiger partial charge in [-0.3, -0.25) is 0 Å². The lowest BCUT2D eigenvalue weighted by molar-refractivity contribution is 0.626. The van der Waals surface area contributed by atoms with Crippen LogP contribution in [0.15, 0.2) is 64.5 Å². The first-order chi connectivity index (χ1) is 14.6. The van der Waals surface area contributed by atoms with Crippen molar-refractivity contribution in [2.24, 2.45) is 12.0 Å². The van der Waals surface area contributed by atoms with Gasteiger partial charge < -0.3 is 15.2 Å². The summed E-state index contributed by atoms with van der Waals surface area (Å²) in [4.78, 5) is 5.77. The van der Waals surface area contributed by atoms with Crippen LogP contribution in [0.1, 0.15) is 23.6 Å². The molecule has 3 aromatic rings. The van der Waals surface area contributed by atoms with E-state index in [9.17, 15) is 4.39 Å². The van der Waals surface area contributed by atoms with Gasteiger partial charge in [-0.2, -0.15) is 0 Å². The van der Waals surface area contributed by atoms with Gasteiger partial charge in [0, 0.05) is 18.5 Å². The molecule has 0 aliphatic rings. The minimum absolute atomic E-state index is 0.204. The number of guanidine groups is 1. The number of benzene rings is 2. The van der Waals surface area contributed by atoms with Gasteiger partial charge >= 0.3 is 0 Å². The first-order valence-corrected chi connectivity index (χ1v) is 10.9. The summed E-state index contributed by atoms with van der Waals surface area (Å²) in [5, 5.41) is 15.0. The fourth-order valence-electron chi connectivity index (χ4n) is 2.70. The smallest absolute Gasteiger partial charge is 0.191 e. The molecule has 8 heteroatoms. The van der Waals surface area contributed by atoms with Gasteiger partial charge in [-0.15, -0.1) is 22.0 Å². The molecule has 1 aromatic heterocycles. The number of hydrogen-bond donors (Lipinski definition) is 2. The maximum atomic E-state index is 13.0. The summed E-state index contributed by atoms with van der Waals surface area (Å²) < 4.78 is 14.9. The van der Waals surface area contributed by atoms with E-state index in [1.165, 1.54) is 12.1 Å². The van der Waals surface area contributed by atoms with E-state index in [1.807, 2.05) is 48.9 Å². The van der Waals surface area contributed by atoms with Crippen LogP contribution in [0, 0.1) is 12.7 Å². The number of aromatic nitrogens is 3. The Labute approximate surface area is 181 Å². The summed E-state index contributed by atoms with van der Waals surface area (Å²) in [7, 11) is 1.95. The maximum absolute atomic E-state index is 13.0. The SMILES string of the molecule is Cc1nnc(CNC(=NCc2ccccc2)NCCCSc2ccc(F)cc2)n1C. The molecule has 0 bridgehead atoms. The minimum Gasteiger partial charge on any atom is -0.356 e. The molecule has 0 fully saturated rings. The molecule has 158 valence electrons. The van der Waals surface area contributed by atoms with Crippen LogP contribution in [0.3, 0.4) is 0 Å². The standard InChI is InChI=1S/C22H27FN6S/c1-17-27-28-21(29(17)2)16-26-22(25-15-18-7-4-3-5-8-18)24-13-6-14-30-20-11-9-19(23)10-12-20/h3-5,7-12H,6,13-16H2,1-2H3,(H2,24,25,26). The molecule has 1 heterocycles. The van der Waals surface area contributed by atoms with Crippen molar-refractivity contribution in [1.82, 2.24) is 25.4 Å². The van der Waals surface area contributed by atoms with E-state index in [0.717, 1.165) is 46.8 Å². The van der Waals surface area contributed by atoms with E-state index in [0.29, 0.717) is 13.1 Å². The van der Waals surface area contributed by atoms with E-state index in [-0.39, 0.29) is 5.82 Å². The van der Waals surface area contributed by atoms with Gasteiger partial charge in [0.15, 0.2) is 11.8 Å². The molecular weight excluding hydrogens is 399 g/mol. The number of thioether (sulfide) groups is 1. The van der Waals surface area contributed by atoms with Gasteiger partial charge in [0.05, 0.1) is 13.1 Å². The number of hydrogen-bond acceptors (Lipinski definition) is 4. The Balaban J connectivity index is 1.50. The Hall–Kier alpha value is -2.87. The van der Waals surface area contributed by atoms with Crippen LogP contribution in [0.25, 0.3) is 0 Å². The van der Waals surface area contributed by atoms with Gasteiger partial charge in [0.2, 0.25) is 0 Å². The third kappa shape index (κ3) is 6.88. The summed E-state index contributed by atoms with van der Waals surface area (Å²) in [6, 6.07) is 16.8. The average molecular weight is 427 g/mol. The number of nitrogens with one attached hydrogen (secondary N) is 2. The molecule has 0 amide bonds. The van der Waals surface area contributed by atoms with Crippen molar-refractivity contribution < 1.29 is 4.39 Å². The van der Waals surface area contributed by atoms with Gasteiger partial charge in [-0.05, 0) is 48.9 Å². The number of halogens is 1. The minimum atomic E-state index is -0.204. The first kappa shape index (κ1) is 21.8. The quantitative estimate of drug-likeness (QED) is 0.236. The molecule has 3 rings (SSSR count). The van der Waals surface area contributed by atoms with Crippen molar-refractivity contribution in [1.29, 1.82) is 0 Å². The Morgan fingerprint density at radius 1 is 1.07 bits per heavy atom. The van der Waals surface area contributed by atoms with Gasteiger partial charge in [-0.1, -0.05) is 30.3 Å². The van der Waals surface area contributed by atoms with Crippen molar-refractivity contribution in [2.75, 3.05) is 12.3 Å². The Morgan fingerprint density at radius 2 is 1.83 bits per heavy atom. The lowest BCUT2D eigenvalue weighted by Crippen LogP contribution is -2.38. The highest BCUT2D eigenvalue weighted by Gasteiger charge is 2.06. The predicted molar refractivity (Wildman–Crippen MR) is 120 cm³/mol. The Morgan fingerprint density at radius 3 is 2.53 bits per heavy atom. The zero-order valence-electron chi connectivity index (χ0n) is 17.3. The molecular formula is C22H27FN6S. The summed E-state index contributed by atoms with van der Waals surface area (Å²) in [5.74, 6) is 3.21. The van der Waals surface area contributed by atoms with Crippen molar-refractivity contribution >= 4 is 17.7 Å². The summed E-state index contributed by atoms with van der Waals surface area (Å²) >= 11 is 1.72. The molecule has 2 aromatic carbocycles. The third-order valence-electron chi connectivity index (χ3n) is 4.56. The first-order valence-electron chi connectivity index (χ1n) is 9.91. The van der Waals surface area contributed by atoms with Crippen LogP contribution in [-0.4, -0.2) is 33.0 Å². The molecule has 0 unspecified atom stereocenters. The Bertz CT molecular complexity index is 940. The molecule has 6 nitrogen and oxygen atoms in total. The highest BCUT2D eigenvalue weighted by Crippen LogP contribution is 2.18. The van der Waals surface area contributed by atoms with Crippen molar-refractivity contribution in [3.8, 4) is 0 Å². The highest BCUT2D eigenvalue weighted by atomic mass is 32.2. The van der Waals surface area contributed by atoms with E-state index >= 15 is 0 Å². The zero-order chi connectivity index (χ0) is 21.2. The van der Waals surface area contributed by atoms with E-state index in [1.54, 1.807) is 11.8 Å². The van der Waals surface area contributed by atoms with Crippen LogP contribution in [0.4, 0.5) is 4.39 Å². The van der Waals surface area contributed by atoms with E-state index in [2.05, 4.69) is 33.0 Å². The van der Waals surface area contributed by atoms with Crippen molar-refractivity contribution in [3.05, 3.63) is 77.6 Å². The monoisotopic (exact) mass is 426 g/mol. The second-order valence-electron chi connectivity index (χ2n) is 6.81. The zero-order valence-corrected chi connectivity index (χ0v) is 18.1. The molecule has 2 N–H and O–H groups in total. The topological polar surface area (TPSA) is 67.1 Å². The van der Waals surface area contributed by atoms with Crippen LogP contribution in [-0.2, 0) is 20.1 Å². The summed E-state index contributed by atoms with van der Waals surface area (Å²) in [5.41, 5.74) is 1.15. The summed E-state index contributed by atoms with van der Waals surface area (Å²) in [6.07, 6.45) is 0.956. The molecule has 0 saturated carbocycles. The second-order valence-corrected chi connectivity index (χ2v) is 7.98. The normalized spacial score (nSPS) is 11.5. The van der Waals surface area contributed by atoms with Gasteiger partial charge in [0.1, 0.15) is 11.6 Å². The highest BCUT2D eigenvalue weighted by molar-refractivity contribution is 7.99. The molecule has 0 aliphatic heterocycles. The third-order valence-corrected chi connectivity index (χ3v) is 5.65. The Kier molecular flexibility index (Phi) is 8.26. The number of aliphatic imine (C=N–C) groups is 1. The van der Waals surface area contributed by atoms with Crippen LogP contribution < -0.4 is 10.6 Å². The summed E-state index contributed by atoms with van der Waals surface area (Å²) in [6.45, 7) is 3.85. The maximum Gasteiger partial charge on any atom is 0.191 e. The predicted octanol–water partition coefficient (Wildman–Crippen LogP) is 3.68. The van der Waals surface area contributed by atoms with Crippen LogP contribution in [0.5, 0.6) is 0 Å². The van der Waals surface area contributed by atoms with E-state index in [4.69, 9.17) is 4.99 Å². The van der Waals surface area contributed by atoms with Crippen LogP contribution in [0.2, 0.25) is 0 Å². The molecule has 0 spiro atoms. The van der Waals surface area contributed by atoms with Gasteiger partial charge in [-0.25, -0.2) is 9.38 Å². The fraction of sp³-hybridized carbons (Fsp3) is 0.318. The molecule has 0 aliphatic carbocycles. The second kappa shape index (κ2) is 11.3. The fourth-order valence-corrected chi connectivity index (χ4v) is 3.55. The molecule has 0 radical (unpaired) electrons. The number of aryl methyl sites for hydroxylation is 1. The van der Waals surface area contributed by atoms with Gasteiger partial charge in [0.25, 0.3) is 0 Å². The lowest BCUT2D eigenvalue weighted by atomic mass is 10.2. The molecule has 0 saturated heterocycles. The number of nitrogens with zero attached hydrogens (tertiary/aromatic N) is 4. The molecule has 0 atom stereocenters.